The summed E-state index contributed by atoms with van der Waals surface area (Å²) in [7, 11) is 0. The molecule has 2 aromatic carbocycles. The molecule has 4 rings (SSSR count). The van der Waals surface area contributed by atoms with E-state index in [0.717, 1.165) is 16.7 Å². The summed E-state index contributed by atoms with van der Waals surface area (Å²) in [5, 5.41) is 15.0. The van der Waals surface area contributed by atoms with Crippen molar-refractivity contribution < 1.29 is 9.90 Å². The number of phenolic OH excluding ortho intramolecular Hbond substituents is 1. The highest BCUT2D eigenvalue weighted by Crippen LogP contribution is 2.43. The van der Waals surface area contributed by atoms with Gasteiger partial charge < -0.3 is 5.11 Å². The predicted molar refractivity (Wildman–Crippen MR) is 94.0 cm³/mol. The molecule has 120 valence electrons. The van der Waals surface area contributed by atoms with E-state index in [0.29, 0.717) is 17.2 Å². The van der Waals surface area contributed by atoms with Crippen molar-refractivity contribution in [1.82, 2.24) is 5.43 Å². The number of nitrogens with zero attached hydrogens (tertiary/aromatic N) is 1. The molecule has 0 aromatic heterocycles. The van der Waals surface area contributed by atoms with Crippen molar-refractivity contribution in [3.05, 3.63) is 70.8 Å². The van der Waals surface area contributed by atoms with Gasteiger partial charge in [0, 0.05) is 16.5 Å². The molecule has 0 saturated carbocycles. The number of hydrazone groups is 1. The Hall–Kier alpha value is -2.59. The Bertz CT molecular complexity index is 888. The van der Waals surface area contributed by atoms with Gasteiger partial charge in [-0.2, -0.15) is 5.10 Å². The molecular formula is C19H15ClN2O2. The minimum atomic E-state index is -0.321. The molecule has 0 fully saturated rings. The van der Waals surface area contributed by atoms with E-state index < -0.39 is 0 Å². The number of nitrogens with one attached hydrogen (secondary N) is 1. The third-order valence-corrected chi connectivity index (χ3v) is 4.82. The molecular weight excluding hydrogens is 324 g/mol. The third-order valence-electron chi connectivity index (χ3n) is 4.59. The van der Waals surface area contributed by atoms with Gasteiger partial charge in [-0.25, -0.2) is 5.43 Å². The molecule has 1 heterocycles. The lowest BCUT2D eigenvalue weighted by atomic mass is 9.73. The van der Waals surface area contributed by atoms with E-state index >= 15 is 0 Å². The van der Waals surface area contributed by atoms with E-state index in [1.54, 1.807) is 12.1 Å². The Morgan fingerprint density at radius 2 is 2.00 bits per heavy atom. The lowest BCUT2D eigenvalue weighted by molar-refractivity contribution is -0.122. The first kappa shape index (κ1) is 15.0. The van der Waals surface area contributed by atoms with Gasteiger partial charge in [0.05, 0.1) is 11.6 Å². The van der Waals surface area contributed by atoms with Crippen LogP contribution in [0.5, 0.6) is 5.75 Å². The number of allylic oxidation sites excluding steroid dienone is 2. The Balaban J connectivity index is 1.81. The van der Waals surface area contributed by atoms with Crippen molar-refractivity contribution in [3.63, 3.8) is 0 Å². The smallest absolute Gasteiger partial charge is 0.249 e. The third kappa shape index (κ3) is 2.49. The first-order valence-corrected chi connectivity index (χ1v) is 8.13. The minimum absolute atomic E-state index is 0.0652. The highest BCUT2D eigenvalue weighted by molar-refractivity contribution is 6.30. The summed E-state index contributed by atoms with van der Waals surface area (Å²) in [6.07, 6.45) is 2.54. The highest BCUT2D eigenvalue weighted by atomic mass is 35.5. The number of para-hydroxylation sites is 1. The number of carbonyl (C=O) groups excluding carboxylic acids is 1. The molecule has 0 saturated heterocycles. The molecule has 2 aliphatic rings. The van der Waals surface area contributed by atoms with Crippen LogP contribution in [0.15, 0.2) is 59.7 Å². The second kappa shape index (κ2) is 5.80. The molecule has 2 aromatic rings. The number of benzene rings is 2. The Morgan fingerprint density at radius 3 is 2.79 bits per heavy atom. The van der Waals surface area contributed by atoms with Crippen molar-refractivity contribution >= 4 is 28.8 Å². The van der Waals surface area contributed by atoms with Crippen LogP contribution < -0.4 is 5.43 Å². The molecule has 24 heavy (non-hydrogen) atoms. The summed E-state index contributed by atoms with van der Waals surface area (Å²) < 4.78 is 0. The summed E-state index contributed by atoms with van der Waals surface area (Å²) in [6.45, 7) is 0. The molecule has 1 aliphatic carbocycles. The number of amides is 1. The van der Waals surface area contributed by atoms with Gasteiger partial charge in [0.15, 0.2) is 0 Å². The number of aromatic hydroxyl groups is 1. The Kier molecular flexibility index (Phi) is 3.62. The number of rotatable bonds is 2. The van der Waals surface area contributed by atoms with Crippen LogP contribution in [0.2, 0.25) is 5.02 Å². The molecule has 0 radical (unpaired) electrons. The van der Waals surface area contributed by atoms with Crippen LogP contribution >= 0.6 is 11.6 Å². The molecule has 2 N–H and O–H groups in total. The van der Waals surface area contributed by atoms with Crippen LogP contribution in [-0.4, -0.2) is 16.7 Å². The molecule has 2 atom stereocenters. The zero-order valence-electron chi connectivity index (χ0n) is 12.7. The molecule has 1 amide bonds. The van der Waals surface area contributed by atoms with Gasteiger partial charge in [0.25, 0.3) is 0 Å². The predicted octanol–water partition coefficient (Wildman–Crippen LogP) is 3.72. The lowest BCUT2D eigenvalue weighted by Crippen LogP contribution is -2.31. The maximum Gasteiger partial charge on any atom is 0.249 e. The second-order valence-electron chi connectivity index (χ2n) is 6.04. The molecule has 0 bridgehead atoms. The maximum absolute atomic E-state index is 12.2. The monoisotopic (exact) mass is 338 g/mol. The SMILES string of the molecule is O=C1NN=C2C=C(c3ccccc3O)CC(c3cccc(Cl)c3)C12. The van der Waals surface area contributed by atoms with E-state index in [9.17, 15) is 9.90 Å². The first-order chi connectivity index (χ1) is 11.6. The fourth-order valence-electron chi connectivity index (χ4n) is 3.48. The number of halogens is 1. The van der Waals surface area contributed by atoms with E-state index in [1.807, 2.05) is 42.5 Å². The van der Waals surface area contributed by atoms with E-state index in [-0.39, 0.29) is 23.5 Å². The van der Waals surface area contributed by atoms with Crippen molar-refractivity contribution in [2.45, 2.75) is 12.3 Å². The van der Waals surface area contributed by atoms with Gasteiger partial charge in [-0.15, -0.1) is 0 Å². The van der Waals surface area contributed by atoms with Crippen molar-refractivity contribution in [2.24, 2.45) is 11.0 Å². The van der Waals surface area contributed by atoms with E-state index in [1.165, 1.54) is 0 Å². The van der Waals surface area contributed by atoms with Gasteiger partial charge in [-0.05, 0) is 41.8 Å². The summed E-state index contributed by atoms with van der Waals surface area (Å²) in [6, 6.07) is 14.8. The van der Waals surface area contributed by atoms with Crippen LogP contribution in [0, 0.1) is 5.92 Å². The number of fused-ring (bicyclic) bond motifs is 1. The molecule has 0 spiro atoms. The van der Waals surface area contributed by atoms with E-state index in [2.05, 4.69) is 10.5 Å². The molecule has 2 unspecified atom stereocenters. The number of carbonyl (C=O) groups is 1. The largest absolute Gasteiger partial charge is 0.507 e. The molecule has 1 aliphatic heterocycles. The minimum Gasteiger partial charge on any atom is -0.507 e. The van der Waals surface area contributed by atoms with Crippen LogP contribution in [0.1, 0.15) is 23.5 Å². The quantitative estimate of drug-likeness (QED) is 0.876. The fraction of sp³-hybridized carbons (Fsp3) is 0.158. The summed E-state index contributed by atoms with van der Waals surface area (Å²) in [5.74, 6) is -0.255. The number of hydrogen-bond acceptors (Lipinski definition) is 3. The van der Waals surface area contributed by atoms with Gasteiger partial charge >= 0.3 is 0 Å². The fourth-order valence-corrected chi connectivity index (χ4v) is 3.68. The zero-order valence-corrected chi connectivity index (χ0v) is 13.5. The number of phenols is 1. The lowest BCUT2D eigenvalue weighted by Gasteiger charge is -2.28. The summed E-state index contributed by atoms with van der Waals surface area (Å²) in [4.78, 5) is 12.2. The second-order valence-corrected chi connectivity index (χ2v) is 6.48. The van der Waals surface area contributed by atoms with Crippen molar-refractivity contribution in [1.29, 1.82) is 0 Å². The Labute approximate surface area is 144 Å². The zero-order chi connectivity index (χ0) is 16.7. The number of hydrogen-bond donors (Lipinski definition) is 2. The van der Waals surface area contributed by atoms with Crippen LogP contribution in [0.3, 0.4) is 0 Å². The highest BCUT2D eigenvalue weighted by Gasteiger charge is 2.40. The average molecular weight is 339 g/mol. The van der Waals surface area contributed by atoms with Crippen LogP contribution in [0.4, 0.5) is 0 Å². The summed E-state index contributed by atoms with van der Waals surface area (Å²) in [5.41, 5.74) is 6.00. The van der Waals surface area contributed by atoms with E-state index in [4.69, 9.17) is 11.6 Å². The molecule has 5 heteroatoms. The van der Waals surface area contributed by atoms with Gasteiger partial charge in [0.1, 0.15) is 5.75 Å². The summed E-state index contributed by atoms with van der Waals surface area (Å²) >= 11 is 6.14. The maximum atomic E-state index is 12.2. The van der Waals surface area contributed by atoms with Gasteiger partial charge in [-0.3, -0.25) is 4.79 Å². The van der Waals surface area contributed by atoms with Crippen molar-refractivity contribution in [3.8, 4) is 5.75 Å². The van der Waals surface area contributed by atoms with Crippen molar-refractivity contribution in [2.75, 3.05) is 0 Å². The normalized spacial score (nSPS) is 22.5. The Morgan fingerprint density at radius 1 is 1.17 bits per heavy atom. The van der Waals surface area contributed by atoms with Gasteiger partial charge in [-0.1, -0.05) is 41.9 Å². The van der Waals surface area contributed by atoms with Crippen LogP contribution in [-0.2, 0) is 4.79 Å². The van der Waals surface area contributed by atoms with Gasteiger partial charge in [0.2, 0.25) is 5.91 Å². The average Bonchev–Trinajstić information content (AvgIpc) is 2.96. The van der Waals surface area contributed by atoms with Crippen LogP contribution in [0.25, 0.3) is 5.57 Å². The topological polar surface area (TPSA) is 61.7 Å². The first-order valence-electron chi connectivity index (χ1n) is 7.75. The molecule has 4 nitrogen and oxygen atoms in total. The standard InChI is InChI=1S/C19H15ClN2O2/c20-13-5-3-4-11(8-13)15-9-12(14-6-1-2-7-17(14)23)10-16-18(15)19(24)22-21-16/h1-8,10,15,18,23H,9H2,(H,22,24).